The molecule has 1 unspecified atom stereocenters. The lowest BCUT2D eigenvalue weighted by Gasteiger charge is -2.25. The van der Waals surface area contributed by atoms with Crippen LogP contribution in [0.3, 0.4) is 0 Å². The molecule has 0 saturated heterocycles. The van der Waals surface area contributed by atoms with Crippen molar-refractivity contribution in [3.63, 3.8) is 0 Å². The molecule has 82 valence electrons. The molecule has 1 atom stereocenters. The number of benzene rings is 1. The summed E-state index contributed by atoms with van der Waals surface area (Å²) < 4.78 is 2.29. The Balaban J connectivity index is 2.00. The number of nitrogens with zero attached hydrogens (tertiary/aromatic N) is 2. The second-order valence-electron chi connectivity index (χ2n) is 4.37. The van der Waals surface area contributed by atoms with E-state index in [-0.39, 0.29) is 0 Å². The lowest BCUT2D eigenvalue weighted by atomic mass is 9.96. The van der Waals surface area contributed by atoms with Gasteiger partial charge < -0.3 is 10.3 Å². The van der Waals surface area contributed by atoms with Crippen LogP contribution in [0.25, 0.3) is 0 Å². The van der Waals surface area contributed by atoms with Crippen LogP contribution in [-0.4, -0.2) is 9.55 Å². The minimum absolute atomic E-state index is 0.437. The number of anilines is 1. The van der Waals surface area contributed by atoms with E-state index in [9.17, 15) is 0 Å². The fourth-order valence-electron chi connectivity index (χ4n) is 2.47. The van der Waals surface area contributed by atoms with Crippen LogP contribution >= 0.6 is 0 Å². The zero-order valence-corrected chi connectivity index (χ0v) is 9.13. The van der Waals surface area contributed by atoms with Crippen LogP contribution in [0.4, 0.5) is 5.69 Å². The number of rotatable bonds is 1. The Morgan fingerprint density at radius 1 is 1.25 bits per heavy atom. The summed E-state index contributed by atoms with van der Waals surface area (Å²) in [7, 11) is 0. The normalized spacial score (nSPS) is 19.4. The molecule has 1 aromatic carbocycles. The van der Waals surface area contributed by atoms with Crippen LogP contribution in [0.1, 0.15) is 30.1 Å². The topological polar surface area (TPSA) is 43.8 Å². The standard InChI is InChI=1S/C13H15N3/c14-11-6-4-10(5-7-11)13-3-1-2-12-8-15-9-16(12)13/h4-9,13H,1-3,14H2. The highest BCUT2D eigenvalue weighted by molar-refractivity contribution is 5.40. The fourth-order valence-corrected chi connectivity index (χ4v) is 2.47. The Hall–Kier alpha value is -1.77. The molecule has 1 aromatic heterocycles. The van der Waals surface area contributed by atoms with Gasteiger partial charge in [-0.3, -0.25) is 0 Å². The molecule has 0 bridgehead atoms. The van der Waals surface area contributed by atoms with E-state index >= 15 is 0 Å². The summed E-state index contributed by atoms with van der Waals surface area (Å²) in [5, 5.41) is 0. The third-order valence-electron chi connectivity index (χ3n) is 3.31. The predicted octanol–water partition coefficient (Wildman–Crippen LogP) is 2.39. The van der Waals surface area contributed by atoms with Crippen molar-refractivity contribution in [2.24, 2.45) is 0 Å². The van der Waals surface area contributed by atoms with Gasteiger partial charge in [-0.1, -0.05) is 12.1 Å². The van der Waals surface area contributed by atoms with E-state index in [2.05, 4.69) is 21.7 Å². The maximum Gasteiger partial charge on any atom is 0.0953 e. The van der Waals surface area contributed by atoms with Gasteiger partial charge in [0.15, 0.2) is 0 Å². The summed E-state index contributed by atoms with van der Waals surface area (Å²) in [5.74, 6) is 0. The molecule has 1 aliphatic heterocycles. The molecule has 0 spiro atoms. The quantitative estimate of drug-likeness (QED) is 0.739. The molecule has 3 rings (SSSR count). The molecule has 0 saturated carbocycles. The zero-order valence-electron chi connectivity index (χ0n) is 9.13. The number of aromatic nitrogens is 2. The third kappa shape index (κ3) is 1.48. The smallest absolute Gasteiger partial charge is 0.0953 e. The molecule has 2 aromatic rings. The van der Waals surface area contributed by atoms with E-state index in [1.54, 1.807) is 0 Å². The summed E-state index contributed by atoms with van der Waals surface area (Å²) in [6.07, 6.45) is 7.48. The molecule has 3 heteroatoms. The van der Waals surface area contributed by atoms with E-state index in [0.717, 1.165) is 12.1 Å². The van der Waals surface area contributed by atoms with Gasteiger partial charge in [0.25, 0.3) is 0 Å². The average Bonchev–Trinajstić information content (AvgIpc) is 2.78. The van der Waals surface area contributed by atoms with E-state index in [4.69, 9.17) is 5.73 Å². The van der Waals surface area contributed by atoms with Crippen molar-refractivity contribution < 1.29 is 0 Å². The minimum Gasteiger partial charge on any atom is -0.399 e. The predicted molar refractivity (Wildman–Crippen MR) is 64.2 cm³/mol. The number of nitrogen functional groups attached to an aromatic ring is 1. The molecule has 3 nitrogen and oxygen atoms in total. The summed E-state index contributed by atoms with van der Waals surface area (Å²) in [4.78, 5) is 4.24. The van der Waals surface area contributed by atoms with Gasteiger partial charge in [0.05, 0.1) is 12.4 Å². The average molecular weight is 213 g/mol. The van der Waals surface area contributed by atoms with Crippen molar-refractivity contribution in [1.29, 1.82) is 0 Å². The molecular formula is C13H15N3. The fraction of sp³-hybridized carbons (Fsp3) is 0.308. The van der Waals surface area contributed by atoms with Crippen molar-refractivity contribution in [3.05, 3.63) is 48.0 Å². The summed E-state index contributed by atoms with van der Waals surface area (Å²) >= 11 is 0. The first kappa shape index (κ1) is 9.46. The Kier molecular flexibility index (Phi) is 2.17. The monoisotopic (exact) mass is 213 g/mol. The lowest BCUT2D eigenvalue weighted by Crippen LogP contribution is -2.17. The highest BCUT2D eigenvalue weighted by Gasteiger charge is 2.20. The third-order valence-corrected chi connectivity index (χ3v) is 3.31. The number of fused-ring (bicyclic) bond motifs is 1. The maximum atomic E-state index is 5.71. The van der Waals surface area contributed by atoms with Gasteiger partial charge in [-0.15, -0.1) is 0 Å². The molecule has 1 aliphatic rings. The first-order valence-corrected chi connectivity index (χ1v) is 5.71. The minimum atomic E-state index is 0.437. The van der Waals surface area contributed by atoms with E-state index < -0.39 is 0 Å². The van der Waals surface area contributed by atoms with Gasteiger partial charge in [-0.05, 0) is 37.0 Å². The number of aryl methyl sites for hydroxylation is 1. The van der Waals surface area contributed by atoms with Crippen LogP contribution in [-0.2, 0) is 6.42 Å². The molecular weight excluding hydrogens is 198 g/mol. The SMILES string of the molecule is Nc1ccc(C2CCCc3cncn32)cc1. The molecule has 16 heavy (non-hydrogen) atoms. The van der Waals surface area contributed by atoms with Gasteiger partial charge >= 0.3 is 0 Å². The Labute approximate surface area is 94.9 Å². The van der Waals surface area contributed by atoms with Crippen LogP contribution in [0.15, 0.2) is 36.8 Å². The zero-order chi connectivity index (χ0) is 11.0. The first-order chi connectivity index (χ1) is 7.84. The number of imidazole rings is 1. The van der Waals surface area contributed by atoms with E-state index in [1.165, 1.54) is 24.1 Å². The maximum absolute atomic E-state index is 5.71. The van der Waals surface area contributed by atoms with E-state index in [0.29, 0.717) is 6.04 Å². The highest BCUT2D eigenvalue weighted by Crippen LogP contribution is 2.30. The van der Waals surface area contributed by atoms with Crippen molar-refractivity contribution in [3.8, 4) is 0 Å². The van der Waals surface area contributed by atoms with Crippen LogP contribution in [0.2, 0.25) is 0 Å². The van der Waals surface area contributed by atoms with Crippen LogP contribution in [0.5, 0.6) is 0 Å². The summed E-state index contributed by atoms with van der Waals surface area (Å²) in [5.41, 5.74) is 9.20. The Morgan fingerprint density at radius 3 is 2.88 bits per heavy atom. The number of hydrogen-bond donors (Lipinski definition) is 1. The van der Waals surface area contributed by atoms with Gasteiger partial charge in [0, 0.05) is 17.6 Å². The summed E-state index contributed by atoms with van der Waals surface area (Å²) in [6.45, 7) is 0. The van der Waals surface area contributed by atoms with Crippen molar-refractivity contribution in [1.82, 2.24) is 9.55 Å². The largest absolute Gasteiger partial charge is 0.399 e. The molecule has 2 N–H and O–H groups in total. The Morgan fingerprint density at radius 2 is 2.06 bits per heavy atom. The van der Waals surface area contributed by atoms with Gasteiger partial charge in [0.2, 0.25) is 0 Å². The molecule has 0 amide bonds. The first-order valence-electron chi connectivity index (χ1n) is 5.71. The van der Waals surface area contributed by atoms with Gasteiger partial charge in [-0.2, -0.15) is 0 Å². The van der Waals surface area contributed by atoms with E-state index in [1.807, 2.05) is 24.7 Å². The summed E-state index contributed by atoms with van der Waals surface area (Å²) in [6, 6.07) is 8.62. The number of hydrogen-bond acceptors (Lipinski definition) is 2. The molecule has 0 aliphatic carbocycles. The van der Waals surface area contributed by atoms with Crippen LogP contribution in [0, 0.1) is 0 Å². The van der Waals surface area contributed by atoms with Crippen LogP contribution < -0.4 is 5.73 Å². The second kappa shape index (κ2) is 3.67. The van der Waals surface area contributed by atoms with Crippen molar-refractivity contribution >= 4 is 5.69 Å². The molecule has 0 fully saturated rings. The van der Waals surface area contributed by atoms with Gasteiger partial charge in [-0.25, -0.2) is 4.98 Å². The Bertz CT molecular complexity index is 484. The van der Waals surface area contributed by atoms with Crippen molar-refractivity contribution in [2.75, 3.05) is 5.73 Å². The highest BCUT2D eigenvalue weighted by atomic mass is 15.1. The lowest BCUT2D eigenvalue weighted by molar-refractivity contribution is 0.458. The number of nitrogens with two attached hydrogens (primary N) is 1. The molecule has 2 heterocycles. The molecule has 0 radical (unpaired) electrons. The second-order valence-corrected chi connectivity index (χ2v) is 4.37. The van der Waals surface area contributed by atoms with Gasteiger partial charge in [0.1, 0.15) is 0 Å². The van der Waals surface area contributed by atoms with Crippen molar-refractivity contribution in [2.45, 2.75) is 25.3 Å².